The molecule has 0 heterocycles. The van der Waals surface area contributed by atoms with E-state index in [9.17, 15) is 8.90 Å². The highest BCUT2D eigenvalue weighted by atomic mass is 28.4. The maximum atomic E-state index is 14.8. The Morgan fingerprint density at radius 1 is 0.773 bits per heavy atom. The fraction of sp³-hybridized carbons (Fsp3) is 0.684. The van der Waals surface area contributed by atoms with E-state index >= 15 is 0 Å². The molecule has 0 amide bonds. The molecule has 1 rings (SSSR count). The van der Waals surface area contributed by atoms with Crippen LogP contribution >= 0.6 is 0 Å². The first kappa shape index (κ1) is 19.4. The lowest BCUT2D eigenvalue weighted by Gasteiger charge is -2.35. The van der Waals surface area contributed by atoms with E-state index < -0.39 is 8.65 Å². The molecule has 3 heteroatoms. The van der Waals surface area contributed by atoms with Crippen LogP contribution in [0.15, 0.2) is 12.1 Å². The number of benzene rings is 1. The van der Waals surface area contributed by atoms with Crippen molar-refractivity contribution in [2.24, 2.45) is 0 Å². The molecular weight excluding hydrogens is 291 g/mol. The van der Waals surface area contributed by atoms with Crippen molar-refractivity contribution < 1.29 is 8.90 Å². The van der Waals surface area contributed by atoms with E-state index in [0.717, 1.165) is 11.1 Å². The zero-order chi connectivity index (χ0) is 17.7. The van der Waals surface area contributed by atoms with E-state index in [4.69, 9.17) is 0 Å². The molecule has 0 aromatic heterocycles. The van der Waals surface area contributed by atoms with Crippen LogP contribution in [-0.4, -0.2) is 13.4 Å². The Bertz CT molecular complexity index is 514. The van der Waals surface area contributed by atoms with Gasteiger partial charge in [0.25, 0.3) is 0 Å². The van der Waals surface area contributed by atoms with Gasteiger partial charge in [-0.25, -0.2) is 0 Å². The molecular formula is C19H33FOSi. The van der Waals surface area contributed by atoms with Gasteiger partial charge in [0.05, 0.1) is 0 Å². The summed E-state index contributed by atoms with van der Waals surface area (Å²) in [5, 5.41) is 0.570. The van der Waals surface area contributed by atoms with Crippen LogP contribution in [0.3, 0.4) is 0 Å². The Kier molecular flexibility index (Phi) is 4.80. The van der Waals surface area contributed by atoms with Crippen LogP contribution < -0.4 is 5.19 Å². The third-order valence-corrected chi connectivity index (χ3v) is 5.53. The van der Waals surface area contributed by atoms with Crippen LogP contribution in [-0.2, 0) is 16.2 Å². The smallest absolute Gasteiger partial charge is 0.405 e. The predicted octanol–water partition coefficient (Wildman–Crippen LogP) is 4.82. The molecule has 0 aliphatic heterocycles. The number of rotatable bonds is 1. The molecule has 0 fully saturated rings. The second kappa shape index (κ2) is 5.45. The molecule has 0 spiro atoms. The highest BCUT2D eigenvalue weighted by molar-refractivity contribution is 6.79. The second-order valence-corrected chi connectivity index (χ2v) is 12.1. The van der Waals surface area contributed by atoms with Crippen molar-refractivity contribution >= 4 is 13.8 Å². The van der Waals surface area contributed by atoms with E-state index in [2.05, 4.69) is 74.4 Å². The van der Waals surface area contributed by atoms with Crippen LogP contribution in [0.2, 0.25) is 6.55 Å². The molecule has 0 saturated carbocycles. The average Bonchev–Trinajstić information content (AvgIpc) is 2.22. The number of halogens is 1. The largest absolute Gasteiger partial charge is 0.410 e. The third-order valence-electron chi connectivity index (χ3n) is 4.08. The summed E-state index contributed by atoms with van der Waals surface area (Å²) in [6.45, 7) is 20.4. The molecule has 1 unspecified atom stereocenters. The van der Waals surface area contributed by atoms with Crippen molar-refractivity contribution in [2.75, 3.05) is 0 Å². The molecule has 1 N–H and O–H groups in total. The molecule has 0 aliphatic rings. The second-order valence-electron chi connectivity index (χ2n) is 9.65. The molecule has 0 saturated heterocycles. The van der Waals surface area contributed by atoms with Gasteiger partial charge in [-0.1, -0.05) is 74.4 Å². The Hall–Kier alpha value is -0.673. The first-order chi connectivity index (χ1) is 9.45. The lowest BCUT2D eigenvalue weighted by Crippen LogP contribution is -2.49. The standard InChI is InChI=1S/C19H33FOSi/c1-17(2,3)13-11-14(18(4,5)6)16(22(10,20)21)15(12-13)19(7,8)9/h11-12,21H,1-10H3. The Morgan fingerprint density at radius 2 is 1.09 bits per heavy atom. The SMILES string of the molecule is CC(C)(C)c1cc(C(C)(C)C)c([Si](C)(O)F)c(C(C)(C)C)c1. The molecule has 0 radical (unpaired) electrons. The van der Waals surface area contributed by atoms with E-state index in [1.54, 1.807) is 0 Å². The van der Waals surface area contributed by atoms with Gasteiger partial charge in [0, 0.05) is 5.19 Å². The van der Waals surface area contributed by atoms with Crippen molar-refractivity contribution in [3.05, 3.63) is 28.8 Å². The Labute approximate surface area is 137 Å². The molecule has 0 bridgehead atoms. The average molecular weight is 325 g/mol. The fourth-order valence-corrected chi connectivity index (χ4v) is 4.63. The summed E-state index contributed by atoms with van der Waals surface area (Å²) in [5.41, 5.74) is 2.67. The summed E-state index contributed by atoms with van der Waals surface area (Å²) >= 11 is 0. The lowest BCUT2D eigenvalue weighted by molar-refractivity contribution is 0.472. The van der Waals surface area contributed by atoms with Gasteiger partial charge in [0.1, 0.15) is 0 Å². The number of hydrogen-bond acceptors (Lipinski definition) is 1. The molecule has 1 nitrogen and oxygen atoms in total. The fourth-order valence-electron chi connectivity index (χ4n) is 2.75. The highest BCUT2D eigenvalue weighted by Crippen LogP contribution is 2.34. The molecule has 1 atom stereocenters. The zero-order valence-electron chi connectivity index (χ0n) is 16.0. The van der Waals surface area contributed by atoms with Crippen molar-refractivity contribution in [1.82, 2.24) is 0 Å². The van der Waals surface area contributed by atoms with E-state index in [1.165, 1.54) is 12.1 Å². The summed E-state index contributed by atoms with van der Waals surface area (Å²) < 4.78 is 14.8. The van der Waals surface area contributed by atoms with Crippen LogP contribution in [0.4, 0.5) is 4.11 Å². The van der Waals surface area contributed by atoms with Crippen molar-refractivity contribution in [3.63, 3.8) is 0 Å². The normalized spacial score (nSPS) is 16.5. The first-order valence-electron chi connectivity index (χ1n) is 8.07. The summed E-state index contributed by atoms with van der Waals surface area (Å²) in [6, 6.07) is 4.21. The number of hydrogen-bond donors (Lipinski definition) is 1. The molecule has 0 aliphatic carbocycles. The minimum Gasteiger partial charge on any atom is -0.405 e. The minimum atomic E-state index is -3.92. The maximum absolute atomic E-state index is 14.8. The van der Waals surface area contributed by atoms with Gasteiger partial charge in [-0.15, -0.1) is 0 Å². The van der Waals surface area contributed by atoms with Gasteiger partial charge in [0.2, 0.25) is 0 Å². The Morgan fingerprint density at radius 3 is 1.27 bits per heavy atom. The topological polar surface area (TPSA) is 20.2 Å². The van der Waals surface area contributed by atoms with Gasteiger partial charge in [-0.2, -0.15) is 0 Å². The van der Waals surface area contributed by atoms with Crippen molar-refractivity contribution in [3.8, 4) is 0 Å². The van der Waals surface area contributed by atoms with Crippen molar-refractivity contribution in [2.45, 2.75) is 85.1 Å². The van der Waals surface area contributed by atoms with E-state index in [-0.39, 0.29) is 16.2 Å². The zero-order valence-corrected chi connectivity index (χ0v) is 17.0. The van der Waals surface area contributed by atoms with Crippen LogP contribution in [0.1, 0.15) is 79.0 Å². The summed E-state index contributed by atoms with van der Waals surface area (Å²) in [5.74, 6) is 0. The quantitative estimate of drug-likeness (QED) is 0.580. The van der Waals surface area contributed by atoms with Gasteiger partial charge in [0.15, 0.2) is 0 Å². The summed E-state index contributed by atoms with van der Waals surface area (Å²) in [6.07, 6.45) is 0. The molecule has 1 aromatic carbocycles. The third kappa shape index (κ3) is 4.20. The van der Waals surface area contributed by atoms with Crippen LogP contribution in [0.5, 0.6) is 0 Å². The van der Waals surface area contributed by atoms with Crippen LogP contribution in [0.25, 0.3) is 0 Å². The highest BCUT2D eigenvalue weighted by Gasteiger charge is 2.40. The van der Waals surface area contributed by atoms with E-state index in [0.29, 0.717) is 5.19 Å². The molecule has 126 valence electrons. The van der Waals surface area contributed by atoms with Gasteiger partial charge in [-0.3, -0.25) is 4.11 Å². The Balaban J connectivity index is 3.96. The van der Waals surface area contributed by atoms with Gasteiger partial charge >= 0.3 is 8.65 Å². The van der Waals surface area contributed by atoms with Crippen molar-refractivity contribution in [1.29, 1.82) is 0 Å². The summed E-state index contributed by atoms with van der Waals surface area (Å²) in [7, 11) is -3.92. The molecule has 22 heavy (non-hydrogen) atoms. The van der Waals surface area contributed by atoms with Gasteiger partial charge in [-0.05, 0) is 39.5 Å². The first-order valence-corrected chi connectivity index (χ1v) is 10.4. The van der Waals surface area contributed by atoms with Crippen LogP contribution in [0, 0.1) is 0 Å². The monoisotopic (exact) mass is 324 g/mol. The summed E-state index contributed by atoms with van der Waals surface area (Å²) in [4.78, 5) is 10.3. The minimum absolute atomic E-state index is 0.0117. The van der Waals surface area contributed by atoms with Gasteiger partial charge < -0.3 is 4.80 Å². The predicted molar refractivity (Wildman–Crippen MR) is 97.1 cm³/mol. The molecule has 1 aromatic rings. The maximum Gasteiger partial charge on any atom is 0.410 e. The lowest BCUT2D eigenvalue weighted by atomic mass is 9.75. The van der Waals surface area contributed by atoms with E-state index in [1.807, 2.05) is 0 Å².